The molecule has 2 aromatic rings. The van der Waals surface area contributed by atoms with Crippen LogP contribution in [0.3, 0.4) is 0 Å². The Morgan fingerprint density at radius 2 is 1.85 bits per heavy atom. The molecule has 0 unspecified atom stereocenters. The third-order valence-corrected chi connectivity index (χ3v) is 4.83. The Kier molecular flexibility index (Phi) is 14.0. The van der Waals surface area contributed by atoms with Crippen molar-refractivity contribution < 1.29 is 14.3 Å². The van der Waals surface area contributed by atoms with Crippen LogP contribution in [0.2, 0.25) is 0 Å². The van der Waals surface area contributed by atoms with Gasteiger partial charge in [0.1, 0.15) is 0 Å². The molecule has 0 aliphatic carbocycles. The molecule has 0 spiro atoms. The summed E-state index contributed by atoms with van der Waals surface area (Å²) in [6.45, 7) is 5.98. The molecule has 8 heteroatoms. The molecule has 0 saturated heterocycles. The van der Waals surface area contributed by atoms with Gasteiger partial charge in [0.05, 0.1) is 13.7 Å². The number of methoxy groups -OCH3 is 1. The number of halogens is 1. The third kappa shape index (κ3) is 10.3. The summed E-state index contributed by atoms with van der Waals surface area (Å²) in [6, 6.07) is 13.9. The van der Waals surface area contributed by atoms with E-state index in [-0.39, 0.29) is 29.9 Å². The molecule has 0 bridgehead atoms. The van der Waals surface area contributed by atoms with E-state index < -0.39 is 0 Å². The minimum Gasteiger partial charge on any atom is -0.493 e. The van der Waals surface area contributed by atoms with Crippen molar-refractivity contribution in [1.82, 2.24) is 10.6 Å². The number of hydrogen-bond acceptors (Lipinski definition) is 4. The highest BCUT2D eigenvalue weighted by Crippen LogP contribution is 2.28. The van der Waals surface area contributed by atoms with Gasteiger partial charge in [-0.15, -0.1) is 24.0 Å². The second-order valence-electron chi connectivity index (χ2n) is 7.37. The predicted octanol–water partition coefficient (Wildman–Crippen LogP) is 4.75. The van der Waals surface area contributed by atoms with Gasteiger partial charge in [-0.1, -0.05) is 25.1 Å². The van der Waals surface area contributed by atoms with E-state index in [9.17, 15) is 4.79 Å². The van der Waals surface area contributed by atoms with Gasteiger partial charge in [0.2, 0.25) is 5.91 Å². The molecule has 0 heterocycles. The average molecular weight is 569 g/mol. The number of nitrogens with zero attached hydrogens (tertiary/aromatic N) is 1. The van der Waals surface area contributed by atoms with Crippen molar-refractivity contribution in [3.63, 3.8) is 0 Å². The molecule has 33 heavy (non-hydrogen) atoms. The number of carbonyl (C=O) groups is 1. The van der Waals surface area contributed by atoms with Crippen LogP contribution in [-0.2, 0) is 17.8 Å². The van der Waals surface area contributed by atoms with E-state index in [1.54, 1.807) is 14.2 Å². The zero-order valence-electron chi connectivity index (χ0n) is 20.1. The second-order valence-corrected chi connectivity index (χ2v) is 7.37. The van der Waals surface area contributed by atoms with E-state index in [1.165, 1.54) is 5.56 Å². The topological polar surface area (TPSA) is 84.0 Å². The summed E-state index contributed by atoms with van der Waals surface area (Å²) in [5.74, 6) is 2.33. The quantitative estimate of drug-likeness (QED) is 0.149. The average Bonchev–Trinajstić information content (AvgIpc) is 2.79. The van der Waals surface area contributed by atoms with Crippen LogP contribution in [0.5, 0.6) is 11.5 Å². The van der Waals surface area contributed by atoms with Crippen molar-refractivity contribution in [2.75, 3.05) is 32.6 Å². The Morgan fingerprint density at radius 1 is 1.03 bits per heavy atom. The largest absolute Gasteiger partial charge is 0.493 e. The number of carbonyl (C=O) groups excluding carboxylic acids is 1. The first kappa shape index (κ1) is 28.5. The van der Waals surface area contributed by atoms with Crippen LogP contribution in [0, 0.1) is 0 Å². The summed E-state index contributed by atoms with van der Waals surface area (Å²) >= 11 is 0. The van der Waals surface area contributed by atoms with Crippen molar-refractivity contribution in [1.29, 1.82) is 0 Å². The number of anilines is 1. The SMILES string of the molecule is CCCC(=O)Nc1cccc(CNC(=NC)NCCCc2ccc(OC)c(OCC)c2)c1.I. The fourth-order valence-electron chi connectivity index (χ4n) is 3.26. The number of hydrogen-bond donors (Lipinski definition) is 3. The summed E-state index contributed by atoms with van der Waals surface area (Å²) in [4.78, 5) is 16.1. The molecule has 2 rings (SSSR count). The zero-order valence-corrected chi connectivity index (χ0v) is 22.4. The molecule has 0 radical (unpaired) electrons. The van der Waals surface area contributed by atoms with Gasteiger partial charge in [-0.05, 0) is 61.6 Å². The normalized spacial score (nSPS) is 10.7. The number of aliphatic imine (C=N–C) groups is 1. The molecule has 182 valence electrons. The third-order valence-electron chi connectivity index (χ3n) is 4.83. The number of benzene rings is 2. The monoisotopic (exact) mass is 568 g/mol. The Hall–Kier alpha value is -2.49. The number of guanidine groups is 1. The van der Waals surface area contributed by atoms with Gasteiger partial charge >= 0.3 is 0 Å². The fourth-order valence-corrected chi connectivity index (χ4v) is 3.26. The second kappa shape index (κ2) is 16.2. The van der Waals surface area contributed by atoms with Crippen LogP contribution in [0.25, 0.3) is 0 Å². The minimum atomic E-state index is 0. The molecule has 0 aromatic heterocycles. The van der Waals surface area contributed by atoms with Gasteiger partial charge in [-0.25, -0.2) is 0 Å². The van der Waals surface area contributed by atoms with Crippen LogP contribution >= 0.6 is 24.0 Å². The molecule has 7 nitrogen and oxygen atoms in total. The maximum Gasteiger partial charge on any atom is 0.224 e. The van der Waals surface area contributed by atoms with E-state index in [4.69, 9.17) is 9.47 Å². The summed E-state index contributed by atoms with van der Waals surface area (Å²) < 4.78 is 11.0. The van der Waals surface area contributed by atoms with E-state index in [1.807, 2.05) is 50.2 Å². The maximum absolute atomic E-state index is 11.8. The van der Waals surface area contributed by atoms with Crippen molar-refractivity contribution in [3.8, 4) is 11.5 Å². The molecule has 2 aromatic carbocycles. The first-order chi connectivity index (χ1) is 15.6. The smallest absolute Gasteiger partial charge is 0.224 e. The Bertz CT molecular complexity index is 890. The Labute approximate surface area is 214 Å². The van der Waals surface area contributed by atoms with Crippen LogP contribution in [0.15, 0.2) is 47.5 Å². The van der Waals surface area contributed by atoms with Gasteiger partial charge in [0.15, 0.2) is 17.5 Å². The number of nitrogens with one attached hydrogen (secondary N) is 3. The summed E-state index contributed by atoms with van der Waals surface area (Å²) in [5, 5.41) is 9.60. The molecular formula is C25H37IN4O3. The van der Waals surface area contributed by atoms with E-state index in [2.05, 4.69) is 27.0 Å². The zero-order chi connectivity index (χ0) is 23.2. The molecule has 1 amide bonds. The summed E-state index contributed by atoms with van der Waals surface area (Å²) in [5.41, 5.74) is 3.10. The van der Waals surface area contributed by atoms with E-state index >= 15 is 0 Å². The van der Waals surface area contributed by atoms with Gasteiger partial charge in [-0.3, -0.25) is 9.79 Å². The standard InChI is InChI=1S/C25H36N4O3.HI/c1-5-9-24(30)29-21-12-7-10-20(16-21)18-28-25(26-3)27-15-8-11-19-13-14-22(31-4)23(17-19)32-6-2;/h7,10,12-14,16-17H,5-6,8-9,11,15,18H2,1-4H3,(H,29,30)(H2,26,27,28);1H. The first-order valence-corrected chi connectivity index (χ1v) is 11.2. The van der Waals surface area contributed by atoms with Crippen molar-refractivity contribution >= 4 is 41.5 Å². The predicted molar refractivity (Wildman–Crippen MR) is 146 cm³/mol. The maximum atomic E-state index is 11.8. The fraction of sp³-hybridized carbons (Fsp3) is 0.440. The first-order valence-electron chi connectivity index (χ1n) is 11.2. The molecule has 0 aliphatic heterocycles. The summed E-state index contributed by atoms with van der Waals surface area (Å²) in [7, 11) is 3.41. The number of ether oxygens (including phenoxy) is 2. The molecule has 0 fully saturated rings. The van der Waals surface area contributed by atoms with Crippen LogP contribution in [0.4, 0.5) is 5.69 Å². The van der Waals surface area contributed by atoms with Gasteiger partial charge in [0, 0.05) is 32.2 Å². The van der Waals surface area contributed by atoms with E-state index in [0.717, 1.165) is 54.5 Å². The Balaban J connectivity index is 0.00000544. The lowest BCUT2D eigenvalue weighted by atomic mass is 10.1. The molecule has 0 saturated carbocycles. The lowest BCUT2D eigenvalue weighted by Gasteiger charge is -2.13. The van der Waals surface area contributed by atoms with Crippen LogP contribution in [-0.4, -0.2) is 39.2 Å². The Morgan fingerprint density at radius 3 is 2.55 bits per heavy atom. The summed E-state index contributed by atoms with van der Waals surface area (Å²) in [6.07, 6.45) is 3.24. The lowest BCUT2D eigenvalue weighted by molar-refractivity contribution is -0.116. The van der Waals surface area contributed by atoms with Crippen molar-refractivity contribution in [2.45, 2.75) is 46.1 Å². The number of amides is 1. The van der Waals surface area contributed by atoms with Crippen molar-refractivity contribution in [2.24, 2.45) is 4.99 Å². The van der Waals surface area contributed by atoms with Crippen molar-refractivity contribution in [3.05, 3.63) is 53.6 Å². The van der Waals surface area contributed by atoms with Gasteiger partial charge in [0.25, 0.3) is 0 Å². The lowest BCUT2D eigenvalue weighted by Crippen LogP contribution is -2.37. The number of aryl methyl sites for hydroxylation is 1. The highest BCUT2D eigenvalue weighted by Gasteiger charge is 2.06. The molecule has 3 N–H and O–H groups in total. The molecule has 0 atom stereocenters. The highest BCUT2D eigenvalue weighted by molar-refractivity contribution is 14.0. The van der Waals surface area contributed by atoms with E-state index in [0.29, 0.717) is 19.6 Å². The van der Waals surface area contributed by atoms with Gasteiger partial charge in [-0.2, -0.15) is 0 Å². The molecule has 0 aliphatic rings. The number of rotatable bonds is 12. The highest BCUT2D eigenvalue weighted by atomic mass is 127. The minimum absolute atomic E-state index is 0. The molecular weight excluding hydrogens is 531 g/mol. The van der Waals surface area contributed by atoms with Crippen LogP contribution < -0.4 is 25.4 Å². The van der Waals surface area contributed by atoms with Gasteiger partial charge < -0.3 is 25.4 Å². The van der Waals surface area contributed by atoms with Crippen LogP contribution in [0.1, 0.15) is 44.2 Å².